The minimum atomic E-state index is -0.0910. The molecule has 0 bridgehead atoms. The van der Waals surface area contributed by atoms with E-state index in [4.69, 9.17) is 9.84 Å². The summed E-state index contributed by atoms with van der Waals surface area (Å²) in [6.45, 7) is 1.49. The van der Waals surface area contributed by atoms with Crippen molar-refractivity contribution in [3.8, 4) is 11.8 Å². The Morgan fingerprint density at radius 3 is 2.56 bits per heavy atom. The second kappa shape index (κ2) is 7.20. The van der Waals surface area contributed by atoms with Crippen LogP contribution in [0.2, 0.25) is 0 Å². The molecule has 1 aromatic rings. The molecule has 18 heavy (non-hydrogen) atoms. The van der Waals surface area contributed by atoms with Gasteiger partial charge in [0.1, 0.15) is 6.61 Å². The maximum atomic E-state index is 8.61. The monoisotopic (exact) mass is 244 g/mol. The minimum Gasteiger partial charge on any atom is -0.384 e. The van der Waals surface area contributed by atoms with E-state index in [9.17, 15) is 0 Å². The fourth-order valence-electron chi connectivity index (χ4n) is 2.35. The van der Waals surface area contributed by atoms with Gasteiger partial charge in [-0.3, -0.25) is 0 Å². The lowest BCUT2D eigenvalue weighted by Gasteiger charge is -2.09. The van der Waals surface area contributed by atoms with Gasteiger partial charge in [-0.15, -0.1) is 0 Å². The van der Waals surface area contributed by atoms with Gasteiger partial charge in [-0.05, 0) is 36.5 Å². The van der Waals surface area contributed by atoms with Crippen LogP contribution in [0.3, 0.4) is 0 Å². The van der Waals surface area contributed by atoms with Crippen LogP contribution in [-0.2, 0) is 11.3 Å². The van der Waals surface area contributed by atoms with E-state index in [2.05, 4.69) is 11.8 Å². The Morgan fingerprint density at radius 2 is 1.89 bits per heavy atom. The smallest absolute Gasteiger partial charge is 0.104 e. The molecule has 2 nitrogen and oxygen atoms in total. The van der Waals surface area contributed by atoms with Crippen LogP contribution in [0.5, 0.6) is 0 Å². The summed E-state index contributed by atoms with van der Waals surface area (Å²) in [5.41, 5.74) is 2.12. The van der Waals surface area contributed by atoms with Gasteiger partial charge in [-0.25, -0.2) is 0 Å². The van der Waals surface area contributed by atoms with Crippen molar-refractivity contribution in [2.24, 2.45) is 5.92 Å². The van der Waals surface area contributed by atoms with Crippen molar-refractivity contribution in [3.63, 3.8) is 0 Å². The van der Waals surface area contributed by atoms with Crippen LogP contribution < -0.4 is 0 Å². The minimum absolute atomic E-state index is 0.0910. The van der Waals surface area contributed by atoms with Gasteiger partial charge in [-0.1, -0.05) is 36.8 Å². The molecule has 0 aromatic heterocycles. The normalized spacial score (nSPS) is 15.4. The highest BCUT2D eigenvalue weighted by Crippen LogP contribution is 2.24. The zero-order chi connectivity index (χ0) is 12.6. The number of hydrogen-bond acceptors (Lipinski definition) is 2. The van der Waals surface area contributed by atoms with Gasteiger partial charge in [0.2, 0.25) is 0 Å². The Hall–Kier alpha value is -1.30. The van der Waals surface area contributed by atoms with E-state index in [1.54, 1.807) is 0 Å². The summed E-state index contributed by atoms with van der Waals surface area (Å²) in [4.78, 5) is 0. The third-order valence-corrected chi connectivity index (χ3v) is 3.36. The van der Waals surface area contributed by atoms with Gasteiger partial charge < -0.3 is 9.84 Å². The molecule has 0 saturated heterocycles. The van der Waals surface area contributed by atoms with E-state index in [1.165, 1.54) is 31.2 Å². The van der Waals surface area contributed by atoms with Crippen molar-refractivity contribution < 1.29 is 9.84 Å². The van der Waals surface area contributed by atoms with Gasteiger partial charge in [0, 0.05) is 12.2 Å². The molecule has 96 valence electrons. The standard InChI is InChI=1S/C16H20O2/c17-11-3-6-14-7-9-16(10-8-14)13-18-12-15-4-1-2-5-15/h7-10,15,17H,1-2,4-5,11-13H2. The fraction of sp³-hybridized carbons (Fsp3) is 0.500. The van der Waals surface area contributed by atoms with E-state index in [0.717, 1.165) is 18.1 Å². The van der Waals surface area contributed by atoms with Gasteiger partial charge in [0.15, 0.2) is 0 Å². The number of hydrogen-bond donors (Lipinski definition) is 1. The third-order valence-electron chi connectivity index (χ3n) is 3.36. The van der Waals surface area contributed by atoms with Gasteiger partial charge in [-0.2, -0.15) is 0 Å². The molecular weight excluding hydrogens is 224 g/mol. The van der Waals surface area contributed by atoms with Crippen LogP contribution in [0.4, 0.5) is 0 Å². The Balaban J connectivity index is 1.75. The average molecular weight is 244 g/mol. The molecule has 0 unspecified atom stereocenters. The first-order chi connectivity index (χ1) is 8.88. The Morgan fingerprint density at radius 1 is 1.17 bits per heavy atom. The summed E-state index contributed by atoms with van der Waals surface area (Å²) in [6.07, 6.45) is 5.39. The topological polar surface area (TPSA) is 29.5 Å². The second-order valence-corrected chi connectivity index (χ2v) is 4.82. The van der Waals surface area contributed by atoms with E-state index in [0.29, 0.717) is 6.61 Å². The highest BCUT2D eigenvalue weighted by Gasteiger charge is 2.14. The summed E-state index contributed by atoms with van der Waals surface area (Å²) in [7, 11) is 0. The lowest BCUT2D eigenvalue weighted by molar-refractivity contribution is 0.0889. The quantitative estimate of drug-likeness (QED) is 0.825. The molecule has 0 atom stereocenters. The van der Waals surface area contributed by atoms with E-state index in [-0.39, 0.29) is 6.61 Å². The Labute approximate surface area is 109 Å². The fourth-order valence-corrected chi connectivity index (χ4v) is 2.35. The number of aliphatic hydroxyl groups excluding tert-OH is 1. The van der Waals surface area contributed by atoms with E-state index < -0.39 is 0 Å². The summed E-state index contributed by atoms with van der Waals surface area (Å²) < 4.78 is 5.75. The number of aliphatic hydroxyl groups is 1. The first-order valence-electron chi connectivity index (χ1n) is 6.65. The third kappa shape index (κ3) is 4.18. The van der Waals surface area contributed by atoms with Crippen molar-refractivity contribution in [2.45, 2.75) is 32.3 Å². The van der Waals surface area contributed by atoms with Crippen LogP contribution in [0, 0.1) is 17.8 Å². The molecule has 0 aliphatic heterocycles. The average Bonchev–Trinajstić information content (AvgIpc) is 2.91. The molecule has 1 aliphatic rings. The summed E-state index contributed by atoms with van der Waals surface area (Å²) in [6, 6.07) is 8.01. The molecule has 1 fully saturated rings. The van der Waals surface area contributed by atoms with Gasteiger partial charge in [0.05, 0.1) is 6.61 Å². The van der Waals surface area contributed by atoms with E-state index in [1.807, 2.05) is 24.3 Å². The predicted octanol–water partition coefficient (Wildman–Crippen LogP) is 2.74. The zero-order valence-electron chi connectivity index (χ0n) is 10.7. The summed E-state index contributed by atoms with van der Waals surface area (Å²) in [5.74, 6) is 6.30. The SMILES string of the molecule is OCC#Cc1ccc(COCC2CCCC2)cc1. The molecular formula is C16H20O2. The zero-order valence-corrected chi connectivity index (χ0v) is 10.7. The van der Waals surface area contributed by atoms with E-state index >= 15 is 0 Å². The molecule has 1 saturated carbocycles. The summed E-state index contributed by atoms with van der Waals surface area (Å²) in [5, 5.41) is 8.61. The molecule has 0 radical (unpaired) electrons. The molecule has 2 rings (SSSR count). The molecule has 1 aliphatic carbocycles. The number of ether oxygens (including phenoxy) is 1. The Kier molecular flexibility index (Phi) is 5.26. The second-order valence-electron chi connectivity index (χ2n) is 4.82. The molecule has 0 spiro atoms. The molecule has 1 N–H and O–H groups in total. The molecule has 0 amide bonds. The van der Waals surface area contributed by atoms with Gasteiger partial charge >= 0.3 is 0 Å². The molecule has 1 aromatic carbocycles. The van der Waals surface area contributed by atoms with Crippen LogP contribution in [-0.4, -0.2) is 18.3 Å². The van der Waals surface area contributed by atoms with Gasteiger partial charge in [0.25, 0.3) is 0 Å². The highest BCUT2D eigenvalue weighted by molar-refractivity contribution is 5.35. The lowest BCUT2D eigenvalue weighted by atomic mass is 10.1. The number of rotatable bonds is 4. The van der Waals surface area contributed by atoms with Crippen LogP contribution in [0.1, 0.15) is 36.8 Å². The summed E-state index contributed by atoms with van der Waals surface area (Å²) >= 11 is 0. The Bertz CT molecular complexity index is 405. The highest BCUT2D eigenvalue weighted by atomic mass is 16.5. The predicted molar refractivity (Wildman–Crippen MR) is 72.0 cm³/mol. The van der Waals surface area contributed by atoms with Crippen LogP contribution in [0.25, 0.3) is 0 Å². The maximum Gasteiger partial charge on any atom is 0.104 e. The first kappa shape index (κ1) is 13.1. The van der Waals surface area contributed by atoms with Crippen molar-refractivity contribution in [1.29, 1.82) is 0 Å². The number of benzene rings is 1. The molecule has 0 heterocycles. The van der Waals surface area contributed by atoms with Crippen molar-refractivity contribution in [3.05, 3.63) is 35.4 Å². The molecule has 2 heteroatoms. The lowest BCUT2D eigenvalue weighted by Crippen LogP contribution is -2.05. The van der Waals surface area contributed by atoms with Crippen molar-refractivity contribution in [1.82, 2.24) is 0 Å². The van der Waals surface area contributed by atoms with Crippen LogP contribution >= 0.6 is 0 Å². The van der Waals surface area contributed by atoms with Crippen molar-refractivity contribution in [2.75, 3.05) is 13.2 Å². The maximum absolute atomic E-state index is 8.61. The largest absolute Gasteiger partial charge is 0.384 e. The first-order valence-corrected chi connectivity index (χ1v) is 6.65. The van der Waals surface area contributed by atoms with Crippen LogP contribution in [0.15, 0.2) is 24.3 Å². The van der Waals surface area contributed by atoms with Crippen molar-refractivity contribution >= 4 is 0 Å².